The quantitative estimate of drug-likeness (QED) is 0.647. The van der Waals surface area contributed by atoms with Crippen LogP contribution in [0.5, 0.6) is 0 Å². The van der Waals surface area contributed by atoms with E-state index in [9.17, 15) is 0 Å². The first-order chi connectivity index (χ1) is 8.67. The van der Waals surface area contributed by atoms with E-state index in [1.54, 1.807) is 0 Å². The summed E-state index contributed by atoms with van der Waals surface area (Å²) in [5.74, 6) is 0.819. The molecule has 0 radical (unpaired) electrons. The van der Waals surface area contributed by atoms with E-state index in [1.165, 1.54) is 57.9 Å². The van der Waals surface area contributed by atoms with E-state index in [1.807, 2.05) is 0 Å². The second kappa shape index (κ2) is 8.87. The third kappa shape index (κ3) is 5.66. The minimum Gasteiger partial charge on any atom is -0.392 e. The molecule has 0 aliphatic heterocycles. The summed E-state index contributed by atoms with van der Waals surface area (Å²) < 4.78 is 0. The first kappa shape index (κ1) is 15.9. The van der Waals surface area contributed by atoms with Crippen LogP contribution in [0.4, 0.5) is 0 Å². The molecule has 2 N–H and O–H groups in total. The molecule has 1 unspecified atom stereocenters. The molecule has 0 saturated heterocycles. The van der Waals surface area contributed by atoms with Gasteiger partial charge < -0.3 is 5.73 Å². The van der Waals surface area contributed by atoms with Crippen LogP contribution in [0.1, 0.15) is 65.2 Å². The molecule has 0 amide bonds. The van der Waals surface area contributed by atoms with Gasteiger partial charge in [-0.2, -0.15) is 0 Å². The van der Waals surface area contributed by atoms with Gasteiger partial charge in [0.15, 0.2) is 0 Å². The molecule has 0 bridgehead atoms. The van der Waals surface area contributed by atoms with Crippen LogP contribution in [0.25, 0.3) is 0 Å². The third-order valence-electron chi connectivity index (χ3n) is 4.24. The van der Waals surface area contributed by atoms with Crippen molar-refractivity contribution in [1.82, 2.24) is 4.90 Å². The number of rotatable bonds is 9. The fourth-order valence-corrected chi connectivity index (χ4v) is 3.23. The SMILES string of the molecule is CCCCC(CC)CN(CC(N)=S)C1CCCC1. The minimum absolute atomic E-state index is 0.659. The van der Waals surface area contributed by atoms with Crippen LogP contribution in [0.3, 0.4) is 0 Å². The van der Waals surface area contributed by atoms with Gasteiger partial charge in [-0.3, -0.25) is 4.90 Å². The summed E-state index contributed by atoms with van der Waals surface area (Å²) in [7, 11) is 0. The molecule has 0 spiro atoms. The summed E-state index contributed by atoms with van der Waals surface area (Å²) in [5, 5.41) is 0. The molecular weight excluding hydrogens is 240 g/mol. The van der Waals surface area contributed by atoms with Gasteiger partial charge in [0, 0.05) is 19.1 Å². The molecule has 1 saturated carbocycles. The second-order valence-corrected chi connectivity index (χ2v) is 6.27. The van der Waals surface area contributed by atoms with Gasteiger partial charge in [-0.05, 0) is 25.2 Å². The summed E-state index contributed by atoms with van der Waals surface area (Å²) in [6.07, 6.45) is 10.7. The van der Waals surface area contributed by atoms with Crippen molar-refractivity contribution < 1.29 is 0 Å². The number of nitrogens with two attached hydrogens (primary N) is 1. The van der Waals surface area contributed by atoms with Crippen molar-refractivity contribution >= 4 is 17.2 Å². The highest BCUT2D eigenvalue weighted by atomic mass is 32.1. The maximum absolute atomic E-state index is 5.77. The zero-order valence-electron chi connectivity index (χ0n) is 12.2. The highest BCUT2D eigenvalue weighted by Crippen LogP contribution is 2.25. The fourth-order valence-electron chi connectivity index (χ4n) is 3.06. The van der Waals surface area contributed by atoms with E-state index < -0.39 is 0 Å². The molecular formula is C15H30N2S. The van der Waals surface area contributed by atoms with Crippen molar-refractivity contribution in [2.24, 2.45) is 11.7 Å². The van der Waals surface area contributed by atoms with Crippen molar-refractivity contribution in [3.8, 4) is 0 Å². The number of nitrogens with zero attached hydrogens (tertiary/aromatic N) is 1. The normalized spacial score (nSPS) is 18.4. The van der Waals surface area contributed by atoms with Gasteiger partial charge in [-0.25, -0.2) is 0 Å². The van der Waals surface area contributed by atoms with Gasteiger partial charge in [-0.1, -0.05) is 58.2 Å². The van der Waals surface area contributed by atoms with Crippen molar-refractivity contribution in [3.63, 3.8) is 0 Å². The van der Waals surface area contributed by atoms with Gasteiger partial charge in [0.1, 0.15) is 0 Å². The predicted molar refractivity (Wildman–Crippen MR) is 83.9 cm³/mol. The molecule has 1 rings (SSSR count). The number of hydrogen-bond acceptors (Lipinski definition) is 2. The Morgan fingerprint density at radius 2 is 2.00 bits per heavy atom. The Hall–Kier alpha value is -0.150. The van der Waals surface area contributed by atoms with Gasteiger partial charge in [0.05, 0.1) is 4.99 Å². The van der Waals surface area contributed by atoms with Gasteiger partial charge in [-0.15, -0.1) is 0 Å². The molecule has 106 valence electrons. The van der Waals surface area contributed by atoms with E-state index >= 15 is 0 Å². The molecule has 3 heteroatoms. The van der Waals surface area contributed by atoms with Crippen LogP contribution in [-0.2, 0) is 0 Å². The van der Waals surface area contributed by atoms with Gasteiger partial charge in [0.2, 0.25) is 0 Å². The first-order valence-corrected chi connectivity index (χ1v) is 8.10. The van der Waals surface area contributed by atoms with Gasteiger partial charge in [0.25, 0.3) is 0 Å². The van der Waals surface area contributed by atoms with E-state index in [0.717, 1.165) is 18.5 Å². The van der Waals surface area contributed by atoms with E-state index in [0.29, 0.717) is 4.99 Å². The zero-order chi connectivity index (χ0) is 13.4. The molecule has 18 heavy (non-hydrogen) atoms. The molecule has 1 aliphatic rings. The molecule has 2 nitrogen and oxygen atoms in total. The van der Waals surface area contributed by atoms with Crippen LogP contribution in [0, 0.1) is 5.92 Å². The van der Waals surface area contributed by atoms with Crippen LogP contribution >= 0.6 is 12.2 Å². The summed E-state index contributed by atoms with van der Waals surface area (Å²) >= 11 is 5.12. The lowest BCUT2D eigenvalue weighted by Crippen LogP contribution is -2.42. The predicted octanol–water partition coefficient (Wildman–Crippen LogP) is 3.73. The average Bonchev–Trinajstić information content (AvgIpc) is 2.86. The Morgan fingerprint density at radius 1 is 1.33 bits per heavy atom. The maximum atomic E-state index is 5.77. The Kier molecular flexibility index (Phi) is 7.84. The molecule has 1 aliphatic carbocycles. The van der Waals surface area contributed by atoms with E-state index in [4.69, 9.17) is 18.0 Å². The first-order valence-electron chi connectivity index (χ1n) is 7.69. The largest absolute Gasteiger partial charge is 0.392 e. The molecule has 0 aromatic rings. The number of unbranched alkanes of at least 4 members (excludes halogenated alkanes) is 1. The number of thiocarbonyl (C=S) groups is 1. The van der Waals surface area contributed by atoms with Crippen molar-refractivity contribution in [2.75, 3.05) is 13.1 Å². The lowest BCUT2D eigenvalue weighted by molar-refractivity contribution is 0.184. The van der Waals surface area contributed by atoms with Crippen molar-refractivity contribution in [2.45, 2.75) is 71.3 Å². The second-order valence-electron chi connectivity index (χ2n) is 5.75. The van der Waals surface area contributed by atoms with Crippen molar-refractivity contribution in [3.05, 3.63) is 0 Å². The highest BCUT2D eigenvalue weighted by molar-refractivity contribution is 7.80. The molecule has 0 aromatic heterocycles. The third-order valence-corrected chi connectivity index (χ3v) is 4.37. The molecule has 0 heterocycles. The minimum atomic E-state index is 0.659. The molecule has 1 atom stereocenters. The highest BCUT2D eigenvalue weighted by Gasteiger charge is 2.24. The Balaban J connectivity index is 2.49. The zero-order valence-corrected chi connectivity index (χ0v) is 13.0. The van der Waals surface area contributed by atoms with Crippen LogP contribution in [-0.4, -0.2) is 29.0 Å². The topological polar surface area (TPSA) is 29.3 Å². The Bertz CT molecular complexity index is 237. The summed E-state index contributed by atoms with van der Waals surface area (Å²) in [6.45, 7) is 6.60. The lowest BCUT2D eigenvalue weighted by Gasteiger charge is -2.31. The van der Waals surface area contributed by atoms with Crippen LogP contribution in [0.2, 0.25) is 0 Å². The van der Waals surface area contributed by atoms with Crippen LogP contribution < -0.4 is 5.73 Å². The average molecular weight is 270 g/mol. The molecule has 1 fully saturated rings. The lowest BCUT2D eigenvalue weighted by atomic mass is 9.97. The van der Waals surface area contributed by atoms with E-state index in [2.05, 4.69) is 18.7 Å². The van der Waals surface area contributed by atoms with Crippen molar-refractivity contribution in [1.29, 1.82) is 0 Å². The summed E-state index contributed by atoms with van der Waals surface area (Å²) in [5.41, 5.74) is 5.77. The standard InChI is InChI=1S/C15H30N2S/c1-3-5-8-13(4-2)11-17(12-15(16)18)14-9-6-7-10-14/h13-14H,3-12H2,1-2H3,(H2,16,18). The maximum Gasteiger partial charge on any atom is 0.0870 e. The molecule has 0 aromatic carbocycles. The Labute approximate surface area is 118 Å². The number of hydrogen-bond donors (Lipinski definition) is 1. The summed E-state index contributed by atoms with van der Waals surface area (Å²) in [4.78, 5) is 3.23. The summed E-state index contributed by atoms with van der Waals surface area (Å²) in [6, 6.07) is 0.738. The fraction of sp³-hybridized carbons (Fsp3) is 0.933. The van der Waals surface area contributed by atoms with Crippen LogP contribution in [0.15, 0.2) is 0 Å². The monoisotopic (exact) mass is 270 g/mol. The smallest absolute Gasteiger partial charge is 0.0870 e. The Morgan fingerprint density at radius 3 is 2.50 bits per heavy atom. The van der Waals surface area contributed by atoms with Gasteiger partial charge >= 0.3 is 0 Å². The van der Waals surface area contributed by atoms with E-state index in [-0.39, 0.29) is 0 Å².